The zero-order chi connectivity index (χ0) is 16.4. The van der Waals surface area contributed by atoms with Gasteiger partial charge in [-0.25, -0.2) is 4.98 Å². The summed E-state index contributed by atoms with van der Waals surface area (Å²) in [7, 11) is 0. The maximum absolute atomic E-state index is 13.0. The fourth-order valence-corrected chi connectivity index (χ4v) is 2.46. The first kappa shape index (κ1) is 15.3. The van der Waals surface area contributed by atoms with E-state index in [-0.39, 0.29) is 29.4 Å². The van der Waals surface area contributed by atoms with E-state index in [0.29, 0.717) is 0 Å². The van der Waals surface area contributed by atoms with E-state index in [1.807, 2.05) is 0 Å². The molecule has 0 atom stereocenters. The minimum Gasteiger partial charge on any atom is -0.290 e. The number of thiazole rings is 1. The molecule has 2 aromatic heterocycles. The van der Waals surface area contributed by atoms with Gasteiger partial charge in [0, 0.05) is 10.9 Å². The number of aromatic nitrogens is 5. The van der Waals surface area contributed by atoms with Gasteiger partial charge < -0.3 is 0 Å². The van der Waals surface area contributed by atoms with Crippen molar-refractivity contribution in [2.24, 2.45) is 0 Å². The van der Waals surface area contributed by atoms with E-state index in [9.17, 15) is 18.0 Å². The number of hydrogen-bond acceptors (Lipinski definition) is 6. The average molecular weight is 339 g/mol. The van der Waals surface area contributed by atoms with Crippen LogP contribution in [0.3, 0.4) is 0 Å². The quantitative estimate of drug-likeness (QED) is 0.683. The van der Waals surface area contributed by atoms with Crippen LogP contribution in [0, 0.1) is 0 Å². The maximum atomic E-state index is 13.0. The second-order valence-electron chi connectivity index (χ2n) is 4.48. The van der Waals surface area contributed by atoms with Crippen LogP contribution in [0.1, 0.15) is 16.1 Å². The Balaban J connectivity index is 1.87. The molecule has 118 valence electrons. The summed E-state index contributed by atoms with van der Waals surface area (Å²) < 4.78 is 39.0. The summed E-state index contributed by atoms with van der Waals surface area (Å²) in [5.41, 5.74) is 0.717. The highest BCUT2D eigenvalue weighted by molar-refractivity contribution is 7.07. The van der Waals surface area contributed by atoms with Crippen molar-refractivity contribution < 1.29 is 18.0 Å². The van der Waals surface area contributed by atoms with Gasteiger partial charge in [0.1, 0.15) is 12.2 Å². The summed E-state index contributed by atoms with van der Waals surface area (Å²) in [5.74, 6) is -0.539. The zero-order valence-corrected chi connectivity index (χ0v) is 12.2. The molecular weight excluding hydrogens is 331 g/mol. The lowest BCUT2D eigenvalue weighted by atomic mass is 10.1. The summed E-state index contributed by atoms with van der Waals surface area (Å²) in [4.78, 5) is 16.7. The van der Waals surface area contributed by atoms with Crippen LogP contribution in [0.5, 0.6) is 0 Å². The molecule has 3 rings (SSSR count). The molecule has 0 radical (unpaired) electrons. The van der Waals surface area contributed by atoms with Crippen molar-refractivity contribution in [1.82, 2.24) is 25.2 Å². The highest BCUT2D eigenvalue weighted by Gasteiger charge is 2.34. The van der Waals surface area contributed by atoms with Gasteiger partial charge in [0.15, 0.2) is 0 Å². The van der Waals surface area contributed by atoms with Crippen molar-refractivity contribution in [3.05, 3.63) is 46.4 Å². The topological polar surface area (TPSA) is 73.6 Å². The van der Waals surface area contributed by atoms with Gasteiger partial charge in [-0.15, -0.1) is 21.5 Å². The first-order valence-electron chi connectivity index (χ1n) is 6.31. The zero-order valence-electron chi connectivity index (χ0n) is 11.4. The van der Waals surface area contributed by atoms with Gasteiger partial charge in [-0.2, -0.15) is 18.0 Å². The molecule has 0 saturated heterocycles. The summed E-state index contributed by atoms with van der Waals surface area (Å²) in [6.07, 6.45) is -4.53. The minimum absolute atomic E-state index is 0.188. The van der Waals surface area contributed by atoms with E-state index in [1.54, 1.807) is 5.38 Å². The van der Waals surface area contributed by atoms with Gasteiger partial charge in [-0.1, -0.05) is 18.2 Å². The number of benzene rings is 1. The Kier molecular flexibility index (Phi) is 3.90. The highest BCUT2D eigenvalue weighted by atomic mass is 32.1. The predicted octanol–water partition coefficient (Wildman–Crippen LogP) is 2.70. The molecule has 0 amide bonds. The van der Waals surface area contributed by atoms with Gasteiger partial charge in [0.2, 0.25) is 11.6 Å². The molecule has 0 fully saturated rings. The van der Waals surface area contributed by atoms with E-state index in [2.05, 4.69) is 20.4 Å². The molecule has 0 bridgehead atoms. The van der Waals surface area contributed by atoms with Crippen LogP contribution < -0.4 is 0 Å². The van der Waals surface area contributed by atoms with Crippen LogP contribution in [0.15, 0.2) is 35.2 Å². The lowest BCUT2D eigenvalue weighted by Crippen LogP contribution is -2.13. The van der Waals surface area contributed by atoms with E-state index in [0.717, 1.165) is 10.9 Å². The van der Waals surface area contributed by atoms with Crippen LogP contribution in [0.4, 0.5) is 13.2 Å². The first-order chi connectivity index (χ1) is 10.9. The number of carbonyl (C=O) groups is 1. The SMILES string of the molecule is O=C(Cn1nnc(-c2ccccc2C(F)(F)F)n1)c1cscn1. The van der Waals surface area contributed by atoms with Crippen LogP contribution in [-0.2, 0) is 12.7 Å². The number of halogens is 3. The van der Waals surface area contributed by atoms with Crippen molar-refractivity contribution in [3.63, 3.8) is 0 Å². The molecule has 0 aliphatic rings. The van der Waals surface area contributed by atoms with Crippen molar-refractivity contribution in [1.29, 1.82) is 0 Å². The number of rotatable bonds is 4. The third-order valence-corrected chi connectivity index (χ3v) is 3.52. The molecule has 0 spiro atoms. The van der Waals surface area contributed by atoms with Gasteiger partial charge in [0.25, 0.3) is 0 Å². The fourth-order valence-electron chi connectivity index (χ4n) is 1.90. The molecule has 0 saturated carbocycles. The van der Waals surface area contributed by atoms with Gasteiger partial charge in [0.05, 0.1) is 11.1 Å². The molecule has 1 aromatic carbocycles. The lowest BCUT2D eigenvalue weighted by molar-refractivity contribution is -0.137. The molecule has 6 nitrogen and oxygen atoms in total. The Bertz CT molecular complexity index is 828. The predicted molar refractivity (Wildman–Crippen MR) is 74.7 cm³/mol. The van der Waals surface area contributed by atoms with Gasteiger partial charge in [-0.3, -0.25) is 4.79 Å². The summed E-state index contributed by atoms with van der Waals surface area (Å²) in [5, 5.41) is 12.7. The molecular formula is C13H8F3N5OS. The highest BCUT2D eigenvalue weighted by Crippen LogP contribution is 2.35. The normalized spacial score (nSPS) is 11.6. The average Bonchev–Trinajstić information content (AvgIpc) is 3.18. The Morgan fingerprint density at radius 2 is 2.04 bits per heavy atom. The van der Waals surface area contributed by atoms with E-state index < -0.39 is 11.7 Å². The van der Waals surface area contributed by atoms with E-state index in [4.69, 9.17) is 0 Å². The van der Waals surface area contributed by atoms with Crippen LogP contribution in [0.2, 0.25) is 0 Å². The Morgan fingerprint density at radius 3 is 2.74 bits per heavy atom. The standard InChI is InChI=1S/C13H8F3N5OS/c14-13(15,16)9-4-2-1-3-8(9)12-18-20-21(19-12)5-11(22)10-6-23-7-17-10/h1-4,6-7H,5H2. The van der Waals surface area contributed by atoms with Crippen molar-refractivity contribution >= 4 is 17.1 Å². The molecule has 0 unspecified atom stereocenters. The Hall–Kier alpha value is -2.62. The van der Waals surface area contributed by atoms with Crippen LogP contribution in [-0.4, -0.2) is 31.0 Å². The minimum atomic E-state index is -4.53. The molecule has 10 heteroatoms. The molecule has 0 N–H and O–H groups in total. The molecule has 3 aromatic rings. The van der Waals surface area contributed by atoms with Crippen LogP contribution >= 0.6 is 11.3 Å². The van der Waals surface area contributed by atoms with Crippen molar-refractivity contribution in [2.75, 3.05) is 0 Å². The number of tetrazole rings is 1. The molecule has 0 aliphatic heterocycles. The number of carbonyl (C=O) groups excluding carboxylic acids is 1. The van der Waals surface area contributed by atoms with E-state index in [1.165, 1.54) is 35.0 Å². The van der Waals surface area contributed by atoms with Gasteiger partial charge >= 0.3 is 6.18 Å². The van der Waals surface area contributed by atoms with Gasteiger partial charge in [-0.05, 0) is 11.3 Å². The summed E-state index contributed by atoms with van der Waals surface area (Å²) in [6, 6.07) is 4.93. The Labute approximate surface area is 131 Å². The smallest absolute Gasteiger partial charge is 0.290 e. The van der Waals surface area contributed by atoms with Crippen molar-refractivity contribution in [2.45, 2.75) is 12.7 Å². The summed E-state index contributed by atoms with van der Waals surface area (Å²) >= 11 is 1.26. The third-order valence-electron chi connectivity index (χ3n) is 2.93. The monoisotopic (exact) mass is 339 g/mol. The largest absolute Gasteiger partial charge is 0.417 e. The van der Waals surface area contributed by atoms with Crippen LogP contribution in [0.25, 0.3) is 11.4 Å². The number of hydrogen-bond donors (Lipinski definition) is 0. The number of alkyl halides is 3. The van der Waals surface area contributed by atoms with E-state index >= 15 is 0 Å². The number of nitrogens with zero attached hydrogens (tertiary/aromatic N) is 5. The lowest BCUT2D eigenvalue weighted by Gasteiger charge is -2.09. The first-order valence-corrected chi connectivity index (χ1v) is 7.25. The maximum Gasteiger partial charge on any atom is 0.417 e. The molecule has 23 heavy (non-hydrogen) atoms. The molecule has 2 heterocycles. The molecule has 0 aliphatic carbocycles. The van der Waals surface area contributed by atoms with Crippen molar-refractivity contribution in [3.8, 4) is 11.4 Å². The Morgan fingerprint density at radius 1 is 1.26 bits per heavy atom. The number of ketones is 1. The summed E-state index contributed by atoms with van der Waals surface area (Å²) in [6.45, 7) is -0.245. The fraction of sp³-hybridized carbons (Fsp3) is 0.154. The second-order valence-corrected chi connectivity index (χ2v) is 5.20. The third kappa shape index (κ3) is 3.26. The second kappa shape index (κ2) is 5.88. The number of Topliss-reactive ketones (excluding diaryl/α,β-unsaturated/α-hetero) is 1.